The second-order valence-corrected chi connectivity index (χ2v) is 8.46. The molecule has 2 saturated heterocycles. The number of hydrogen-bond donors (Lipinski definition) is 1. The van der Waals surface area contributed by atoms with Crippen molar-refractivity contribution in [3.05, 3.63) is 27.3 Å². The number of nitrogens with one attached hydrogen (secondary N) is 1. The lowest BCUT2D eigenvalue weighted by Gasteiger charge is -2.30. The van der Waals surface area contributed by atoms with Gasteiger partial charge in [-0.1, -0.05) is 0 Å². The molecular weight excluding hydrogens is 399 g/mol. The molecule has 6 heteroatoms. The van der Waals surface area contributed by atoms with E-state index in [1.54, 1.807) is 16.7 Å². The summed E-state index contributed by atoms with van der Waals surface area (Å²) in [5, 5.41) is 2.98. The Hall–Kier alpha value is -0.760. The Bertz CT molecular complexity index is 622. The molecule has 1 aromatic carbocycles. The molecule has 2 fully saturated rings. The second kappa shape index (κ2) is 5.46. The normalized spacial score (nSPS) is 27.9. The van der Waals surface area contributed by atoms with Crippen LogP contribution in [0.5, 0.6) is 0 Å². The van der Waals surface area contributed by atoms with E-state index in [0.29, 0.717) is 12.2 Å². The average molecular weight is 416 g/mol. The molecule has 2 amide bonds. The number of carbonyl (C=O) groups excluding carboxylic acids is 2. The summed E-state index contributed by atoms with van der Waals surface area (Å²) in [5.41, 5.74) is 1.86. The molecule has 2 unspecified atom stereocenters. The summed E-state index contributed by atoms with van der Waals surface area (Å²) in [6, 6.07) is 5.57. The van der Waals surface area contributed by atoms with Crippen LogP contribution in [0.15, 0.2) is 18.2 Å². The molecule has 2 aliphatic rings. The van der Waals surface area contributed by atoms with E-state index < -0.39 is 0 Å². The largest absolute Gasteiger partial charge is 0.324 e. The topological polar surface area (TPSA) is 49.4 Å². The summed E-state index contributed by atoms with van der Waals surface area (Å²) >= 11 is 3.97. The Balaban J connectivity index is 1.78. The molecule has 0 spiro atoms. The van der Waals surface area contributed by atoms with Crippen molar-refractivity contribution in [2.75, 3.05) is 11.1 Å². The first-order chi connectivity index (χ1) is 9.90. The Kier molecular flexibility index (Phi) is 3.94. The molecule has 4 nitrogen and oxygen atoms in total. The van der Waals surface area contributed by atoms with E-state index in [1.807, 2.05) is 25.1 Å². The number of aryl methyl sites for hydroxylation is 1. The van der Waals surface area contributed by atoms with Gasteiger partial charge in [0.15, 0.2) is 0 Å². The molecule has 0 radical (unpaired) electrons. The number of halogens is 1. The first kappa shape index (κ1) is 15.1. The van der Waals surface area contributed by atoms with Crippen LogP contribution in [0, 0.1) is 10.5 Å². The molecule has 0 saturated carbocycles. The van der Waals surface area contributed by atoms with E-state index in [2.05, 4.69) is 34.8 Å². The average Bonchev–Trinajstić information content (AvgIpc) is 2.90. The summed E-state index contributed by atoms with van der Waals surface area (Å²) in [7, 11) is 0. The van der Waals surface area contributed by atoms with Gasteiger partial charge in [0.05, 0.1) is 4.87 Å². The Morgan fingerprint density at radius 3 is 3.00 bits per heavy atom. The van der Waals surface area contributed by atoms with E-state index in [4.69, 9.17) is 0 Å². The summed E-state index contributed by atoms with van der Waals surface area (Å²) in [5.74, 6) is 0.699. The lowest BCUT2D eigenvalue weighted by molar-refractivity contribution is -0.135. The number of amides is 2. The molecule has 1 aromatic rings. The standard InChI is InChI=1S/C15H17IN2O2S/c1-9-7-10(16)3-4-11(9)17-14(20)12-8-21-15(2)6-5-13(19)18(12)15/h3-4,7,12H,5-6,8H2,1-2H3,(H,17,20). The molecule has 0 aromatic heterocycles. The summed E-state index contributed by atoms with van der Waals surface area (Å²) in [4.78, 5) is 26.2. The van der Waals surface area contributed by atoms with Crippen LogP contribution < -0.4 is 5.32 Å². The van der Waals surface area contributed by atoms with Crippen LogP contribution in [-0.4, -0.2) is 33.4 Å². The van der Waals surface area contributed by atoms with Gasteiger partial charge in [-0.25, -0.2) is 0 Å². The van der Waals surface area contributed by atoms with Crippen molar-refractivity contribution in [1.82, 2.24) is 4.90 Å². The highest BCUT2D eigenvalue weighted by Gasteiger charge is 2.52. The van der Waals surface area contributed by atoms with Gasteiger partial charge >= 0.3 is 0 Å². The fourth-order valence-electron chi connectivity index (χ4n) is 3.00. The highest BCUT2D eigenvalue weighted by atomic mass is 127. The molecule has 0 aliphatic carbocycles. The lowest BCUT2D eigenvalue weighted by atomic mass is 10.1. The van der Waals surface area contributed by atoms with Crippen LogP contribution in [0.4, 0.5) is 5.69 Å². The number of rotatable bonds is 2. The quantitative estimate of drug-likeness (QED) is 0.755. The third kappa shape index (κ3) is 2.67. The number of thioether (sulfide) groups is 1. The fraction of sp³-hybridized carbons (Fsp3) is 0.467. The predicted molar refractivity (Wildman–Crippen MR) is 93.3 cm³/mol. The van der Waals surface area contributed by atoms with Crippen LogP contribution in [0.3, 0.4) is 0 Å². The summed E-state index contributed by atoms with van der Waals surface area (Å²) in [6.07, 6.45) is 1.39. The van der Waals surface area contributed by atoms with Gasteiger partial charge in [0, 0.05) is 21.4 Å². The van der Waals surface area contributed by atoms with E-state index >= 15 is 0 Å². The van der Waals surface area contributed by atoms with Crippen molar-refractivity contribution < 1.29 is 9.59 Å². The number of fused-ring (bicyclic) bond motifs is 1. The van der Waals surface area contributed by atoms with Crippen molar-refractivity contribution in [2.45, 2.75) is 37.6 Å². The van der Waals surface area contributed by atoms with Gasteiger partial charge in [0.25, 0.3) is 0 Å². The molecule has 2 atom stereocenters. The first-order valence-electron chi connectivity index (χ1n) is 6.94. The van der Waals surface area contributed by atoms with Gasteiger partial charge < -0.3 is 10.2 Å². The second-order valence-electron chi connectivity index (χ2n) is 5.71. The lowest BCUT2D eigenvalue weighted by Crippen LogP contribution is -2.48. The third-order valence-electron chi connectivity index (χ3n) is 4.19. The maximum Gasteiger partial charge on any atom is 0.248 e. The molecule has 3 rings (SSSR count). The van der Waals surface area contributed by atoms with Gasteiger partial charge in [0.1, 0.15) is 6.04 Å². The first-order valence-corrected chi connectivity index (χ1v) is 9.00. The predicted octanol–water partition coefficient (Wildman–Crippen LogP) is 2.99. The van der Waals surface area contributed by atoms with E-state index in [9.17, 15) is 9.59 Å². The number of carbonyl (C=O) groups is 2. The number of benzene rings is 1. The van der Waals surface area contributed by atoms with Crippen molar-refractivity contribution in [3.8, 4) is 0 Å². The highest BCUT2D eigenvalue weighted by Crippen LogP contribution is 2.47. The smallest absolute Gasteiger partial charge is 0.248 e. The highest BCUT2D eigenvalue weighted by molar-refractivity contribution is 14.1. The van der Waals surface area contributed by atoms with E-state index in [-0.39, 0.29) is 22.7 Å². The molecule has 1 N–H and O–H groups in total. The minimum absolute atomic E-state index is 0.0780. The maximum absolute atomic E-state index is 12.6. The zero-order valence-corrected chi connectivity index (χ0v) is 15.0. The van der Waals surface area contributed by atoms with E-state index in [1.165, 1.54) is 0 Å². The SMILES string of the molecule is Cc1cc(I)ccc1NC(=O)C1CSC2(C)CCC(=O)N12. The van der Waals surface area contributed by atoms with Gasteiger partial charge in [-0.2, -0.15) is 0 Å². The van der Waals surface area contributed by atoms with Gasteiger partial charge in [-0.05, 0) is 66.6 Å². The van der Waals surface area contributed by atoms with Crippen molar-refractivity contribution in [3.63, 3.8) is 0 Å². The van der Waals surface area contributed by atoms with Gasteiger partial charge in [-0.3, -0.25) is 9.59 Å². The van der Waals surface area contributed by atoms with Crippen LogP contribution in [-0.2, 0) is 9.59 Å². The molecule has 2 heterocycles. The number of nitrogens with zero attached hydrogens (tertiary/aromatic N) is 1. The van der Waals surface area contributed by atoms with Crippen LogP contribution in [0.1, 0.15) is 25.3 Å². The van der Waals surface area contributed by atoms with Gasteiger partial charge in [-0.15, -0.1) is 11.8 Å². The minimum Gasteiger partial charge on any atom is -0.324 e. The monoisotopic (exact) mass is 416 g/mol. The zero-order chi connectivity index (χ0) is 15.2. The molecule has 0 bridgehead atoms. The Labute approximate surface area is 142 Å². The summed E-state index contributed by atoms with van der Waals surface area (Å²) in [6.45, 7) is 4.04. The molecule has 21 heavy (non-hydrogen) atoms. The third-order valence-corrected chi connectivity index (χ3v) is 6.37. The molecule has 112 valence electrons. The Morgan fingerprint density at radius 2 is 2.29 bits per heavy atom. The van der Waals surface area contributed by atoms with E-state index in [0.717, 1.165) is 21.2 Å². The molecule has 2 aliphatic heterocycles. The van der Waals surface area contributed by atoms with Crippen LogP contribution >= 0.6 is 34.4 Å². The van der Waals surface area contributed by atoms with Crippen molar-refractivity contribution in [2.24, 2.45) is 0 Å². The molecular formula is C15H17IN2O2S. The van der Waals surface area contributed by atoms with Crippen LogP contribution in [0.25, 0.3) is 0 Å². The maximum atomic E-state index is 12.6. The zero-order valence-electron chi connectivity index (χ0n) is 12.0. The Morgan fingerprint density at radius 1 is 1.52 bits per heavy atom. The minimum atomic E-state index is -0.353. The summed E-state index contributed by atoms with van der Waals surface area (Å²) < 4.78 is 1.14. The van der Waals surface area contributed by atoms with Crippen molar-refractivity contribution in [1.29, 1.82) is 0 Å². The van der Waals surface area contributed by atoms with Gasteiger partial charge in [0.2, 0.25) is 11.8 Å². The van der Waals surface area contributed by atoms with Crippen molar-refractivity contribution >= 4 is 51.9 Å². The number of hydrogen-bond acceptors (Lipinski definition) is 3. The van der Waals surface area contributed by atoms with Crippen LogP contribution in [0.2, 0.25) is 0 Å². The fourth-order valence-corrected chi connectivity index (χ4v) is 5.08. The number of anilines is 1.